The smallest absolute Gasteiger partial charge is 0.262 e. The lowest BCUT2D eigenvalue weighted by Gasteiger charge is -2.14. The van der Waals surface area contributed by atoms with Crippen LogP contribution in [0, 0.1) is 5.82 Å². The lowest BCUT2D eigenvalue weighted by Crippen LogP contribution is -2.20. The Bertz CT molecular complexity index is 751. The molecule has 1 fully saturated rings. The minimum absolute atomic E-state index is 0.181. The summed E-state index contributed by atoms with van der Waals surface area (Å²) in [6, 6.07) is 11.5. The Morgan fingerprint density at radius 3 is 2.72 bits per heavy atom. The second-order valence-corrected chi connectivity index (χ2v) is 8.06. The summed E-state index contributed by atoms with van der Waals surface area (Å²) in [6.45, 7) is -0.181. The Morgan fingerprint density at radius 1 is 1.20 bits per heavy atom. The van der Waals surface area contributed by atoms with Crippen LogP contribution in [0.2, 0.25) is 0 Å². The van der Waals surface area contributed by atoms with E-state index in [9.17, 15) is 9.18 Å². The van der Waals surface area contributed by atoms with Gasteiger partial charge < -0.3 is 14.8 Å². The highest BCUT2D eigenvalue weighted by molar-refractivity contribution is 8.19. The van der Waals surface area contributed by atoms with Crippen LogP contribution in [-0.4, -0.2) is 31.1 Å². The van der Waals surface area contributed by atoms with Crippen LogP contribution in [0.1, 0.15) is 10.1 Å². The van der Waals surface area contributed by atoms with Crippen molar-refractivity contribution >= 4 is 35.1 Å². The Hall–Kier alpha value is -1.86. The number of anilines is 1. The van der Waals surface area contributed by atoms with E-state index in [1.54, 1.807) is 13.2 Å². The zero-order chi connectivity index (χ0) is 17.6. The summed E-state index contributed by atoms with van der Waals surface area (Å²) in [5.41, 5.74) is 1.58. The Labute approximate surface area is 154 Å². The predicted molar refractivity (Wildman–Crippen MR) is 101 cm³/mol. The summed E-state index contributed by atoms with van der Waals surface area (Å²) in [7, 11) is 1.58. The normalized spacial score (nSPS) is 14.3. The molecule has 1 N–H and O–H groups in total. The van der Waals surface area contributed by atoms with Gasteiger partial charge in [-0.25, -0.2) is 4.39 Å². The number of rotatable bonds is 6. The van der Waals surface area contributed by atoms with Crippen molar-refractivity contribution in [3.05, 3.63) is 53.8 Å². The quantitative estimate of drug-likeness (QED) is 0.809. The molecule has 1 saturated heterocycles. The third kappa shape index (κ3) is 4.83. The standard InChI is InChI=1S/C18H18FNO3S2/c1-22-16-9-12(18-24-7-8-25-18)5-6-15(16)23-11-17(21)20-14-4-2-3-13(19)10-14/h2-6,9-10,18H,7-8,11H2,1H3,(H,20,21). The van der Waals surface area contributed by atoms with E-state index < -0.39 is 5.82 Å². The van der Waals surface area contributed by atoms with Gasteiger partial charge in [-0.2, -0.15) is 0 Å². The molecule has 1 heterocycles. The molecule has 25 heavy (non-hydrogen) atoms. The van der Waals surface area contributed by atoms with Crippen LogP contribution >= 0.6 is 23.5 Å². The number of hydrogen-bond donors (Lipinski definition) is 1. The number of methoxy groups -OCH3 is 1. The van der Waals surface area contributed by atoms with E-state index in [2.05, 4.69) is 5.32 Å². The average Bonchev–Trinajstić information content (AvgIpc) is 3.14. The maximum atomic E-state index is 13.1. The van der Waals surface area contributed by atoms with Crippen LogP contribution < -0.4 is 14.8 Å². The van der Waals surface area contributed by atoms with Gasteiger partial charge in [0.1, 0.15) is 5.82 Å². The minimum atomic E-state index is -0.404. The van der Waals surface area contributed by atoms with Crippen molar-refractivity contribution in [3.63, 3.8) is 0 Å². The maximum absolute atomic E-state index is 13.1. The third-order valence-corrected chi connectivity index (χ3v) is 6.65. The fourth-order valence-electron chi connectivity index (χ4n) is 2.41. The van der Waals surface area contributed by atoms with Crippen molar-refractivity contribution < 1.29 is 18.7 Å². The average molecular weight is 379 g/mol. The number of benzene rings is 2. The molecule has 1 aliphatic heterocycles. The van der Waals surface area contributed by atoms with Crippen molar-refractivity contribution in [2.45, 2.75) is 4.58 Å². The number of carbonyl (C=O) groups is 1. The van der Waals surface area contributed by atoms with Crippen LogP contribution in [0.15, 0.2) is 42.5 Å². The number of carbonyl (C=O) groups excluding carboxylic acids is 1. The first-order valence-corrected chi connectivity index (χ1v) is 9.85. The molecule has 0 aliphatic carbocycles. The van der Waals surface area contributed by atoms with Crippen LogP contribution in [0.4, 0.5) is 10.1 Å². The monoisotopic (exact) mass is 379 g/mol. The lowest BCUT2D eigenvalue weighted by atomic mass is 10.2. The summed E-state index contributed by atoms with van der Waals surface area (Å²) in [5.74, 6) is 2.64. The van der Waals surface area contributed by atoms with Gasteiger partial charge in [-0.05, 0) is 35.9 Å². The van der Waals surface area contributed by atoms with Gasteiger partial charge in [0.05, 0.1) is 11.7 Å². The number of halogens is 1. The van der Waals surface area contributed by atoms with Crippen LogP contribution in [0.25, 0.3) is 0 Å². The SMILES string of the molecule is COc1cc(C2SCCS2)ccc1OCC(=O)Nc1cccc(F)c1. The van der Waals surface area contributed by atoms with E-state index in [0.29, 0.717) is 21.8 Å². The van der Waals surface area contributed by atoms with Crippen molar-refractivity contribution in [3.8, 4) is 11.5 Å². The van der Waals surface area contributed by atoms with Gasteiger partial charge in [0, 0.05) is 17.2 Å². The molecule has 2 aromatic carbocycles. The molecule has 0 bridgehead atoms. The van der Waals surface area contributed by atoms with Gasteiger partial charge in [0.25, 0.3) is 5.91 Å². The molecule has 1 aliphatic rings. The number of nitrogens with one attached hydrogen (secondary N) is 1. The van der Waals surface area contributed by atoms with E-state index in [-0.39, 0.29) is 12.5 Å². The summed E-state index contributed by atoms with van der Waals surface area (Å²) in [4.78, 5) is 12.0. The minimum Gasteiger partial charge on any atom is -0.493 e. The zero-order valence-electron chi connectivity index (χ0n) is 13.7. The van der Waals surface area contributed by atoms with E-state index in [0.717, 1.165) is 11.5 Å². The fourth-order valence-corrected chi connectivity index (χ4v) is 5.25. The molecule has 4 nitrogen and oxygen atoms in total. The van der Waals surface area contributed by atoms with Gasteiger partial charge in [-0.3, -0.25) is 4.79 Å². The van der Waals surface area contributed by atoms with E-state index in [1.165, 1.54) is 23.8 Å². The highest BCUT2D eigenvalue weighted by Crippen LogP contribution is 2.46. The van der Waals surface area contributed by atoms with Crippen molar-refractivity contribution in [1.82, 2.24) is 0 Å². The van der Waals surface area contributed by atoms with Crippen LogP contribution in [-0.2, 0) is 4.79 Å². The number of thioether (sulfide) groups is 2. The van der Waals surface area contributed by atoms with Crippen molar-refractivity contribution in [2.24, 2.45) is 0 Å². The van der Waals surface area contributed by atoms with Crippen LogP contribution in [0.3, 0.4) is 0 Å². The third-order valence-electron chi connectivity index (χ3n) is 3.55. The summed E-state index contributed by atoms with van der Waals surface area (Å²) in [5, 5.41) is 2.60. The zero-order valence-corrected chi connectivity index (χ0v) is 15.3. The van der Waals surface area contributed by atoms with Crippen molar-refractivity contribution in [1.29, 1.82) is 0 Å². The first-order valence-electron chi connectivity index (χ1n) is 7.75. The van der Waals surface area contributed by atoms with Gasteiger partial charge >= 0.3 is 0 Å². The molecule has 7 heteroatoms. The van der Waals surface area contributed by atoms with Gasteiger partial charge in [-0.15, -0.1) is 23.5 Å². The highest BCUT2D eigenvalue weighted by Gasteiger charge is 2.20. The first-order chi connectivity index (χ1) is 12.2. The number of hydrogen-bond acceptors (Lipinski definition) is 5. The predicted octanol–water partition coefficient (Wildman–Crippen LogP) is 4.33. The molecule has 0 unspecified atom stereocenters. The lowest BCUT2D eigenvalue weighted by molar-refractivity contribution is -0.118. The van der Waals surface area contributed by atoms with E-state index >= 15 is 0 Å². The molecule has 0 radical (unpaired) electrons. The molecule has 132 valence electrons. The van der Waals surface area contributed by atoms with E-state index in [1.807, 2.05) is 41.7 Å². The second kappa shape index (κ2) is 8.49. The molecular formula is C18H18FNO3S2. The van der Waals surface area contributed by atoms with Crippen LogP contribution in [0.5, 0.6) is 11.5 Å². The molecule has 0 atom stereocenters. The van der Waals surface area contributed by atoms with Gasteiger partial charge in [0.2, 0.25) is 0 Å². The number of ether oxygens (including phenoxy) is 2. The Balaban J connectivity index is 1.61. The van der Waals surface area contributed by atoms with Crippen molar-refractivity contribution in [2.75, 3.05) is 30.5 Å². The molecule has 1 amide bonds. The molecule has 0 aromatic heterocycles. The molecule has 0 saturated carbocycles. The Kier molecular flexibility index (Phi) is 6.09. The van der Waals surface area contributed by atoms with Gasteiger partial charge in [0.15, 0.2) is 18.1 Å². The first kappa shape index (κ1) is 17.9. The topological polar surface area (TPSA) is 47.6 Å². The summed E-state index contributed by atoms with van der Waals surface area (Å²) < 4.78 is 24.5. The second-order valence-electron chi connectivity index (χ2n) is 5.33. The van der Waals surface area contributed by atoms with E-state index in [4.69, 9.17) is 9.47 Å². The summed E-state index contributed by atoms with van der Waals surface area (Å²) in [6.07, 6.45) is 0. The molecule has 3 rings (SSSR count). The Morgan fingerprint density at radius 2 is 2.00 bits per heavy atom. The molecular weight excluding hydrogens is 361 g/mol. The highest BCUT2D eigenvalue weighted by atomic mass is 32.2. The van der Waals surface area contributed by atoms with Gasteiger partial charge in [-0.1, -0.05) is 12.1 Å². The largest absolute Gasteiger partial charge is 0.493 e. The fraction of sp³-hybridized carbons (Fsp3) is 0.278. The maximum Gasteiger partial charge on any atom is 0.262 e. The number of amides is 1. The summed E-state index contributed by atoms with van der Waals surface area (Å²) >= 11 is 3.83. The molecule has 0 spiro atoms. The molecule has 2 aromatic rings.